The third kappa shape index (κ3) is 5.34. The molecule has 3 aromatic carbocycles. The maximum atomic E-state index is 13.1. The largest absolute Gasteiger partial charge is 0.507 e. The molecule has 0 aromatic heterocycles. The summed E-state index contributed by atoms with van der Waals surface area (Å²) < 4.78 is 5.30. The van der Waals surface area contributed by atoms with Crippen molar-refractivity contribution in [3.63, 3.8) is 0 Å². The number of carbonyl (C=O) groups is 2. The molecule has 0 spiro atoms. The highest BCUT2D eigenvalue weighted by Gasteiger charge is 2.29. The highest BCUT2D eigenvalue weighted by atomic mass is 16.5. The number of aromatic hydroxyl groups is 1. The number of amides is 2. The average molecular weight is 445 g/mol. The predicted octanol–water partition coefficient (Wildman–Crippen LogP) is 4.48. The van der Waals surface area contributed by atoms with Crippen molar-refractivity contribution in [2.24, 2.45) is 5.92 Å². The van der Waals surface area contributed by atoms with Gasteiger partial charge in [0.2, 0.25) is 5.91 Å². The number of likely N-dealkylation sites (tertiary alicyclic amines) is 1. The minimum absolute atomic E-state index is 0.0205. The smallest absolute Gasteiger partial charge is 0.257 e. The number of anilines is 1. The van der Waals surface area contributed by atoms with Gasteiger partial charge in [-0.1, -0.05) is 48.5 Å². The summed E-state index contributed by atoms with van der Waals surface area (Å²) in [4.78, 5) is 27.6. The van der Waals surface area contributed by atoms with Gasteiger partial charge in [0.1, 0.15) is 11.5 Å². The molecular formula is C27H28N2O4. The van der Waals surface area contributed by atoms with E-state index in [1.165, 1.54) is 0 Å². The first-order valence-corrected chi connectivity index (χ1v) is 11.1. The second kappa shape index (κ2) is 10.2. The Morgan fingerprint density at radius 2 is 1.67 bits per heavy atom. The van der Waals surface area contributed by atoms with Crippen LogP contribution in [0.4, 0.5) is 5.69 Å². The number of benzene rings is 3. The van der Waals surface area contributed by atoms with Crippen LogP contribution in [0.5, 0.6) is 11.5 Å². The fourth-order valence-corrected chi connectivity index (χ4v) is 4.19. The van der Waals surface area contributed by atoms with Crippen molar-refractivity contribution in [2.45, 2.75) is 19.3 Å². The zero-order valence-corrected chi connectivity index (χ0v) is 18.7. The Hall–Kier alpha value is -3.80. The number of nitrogens with zero attached hydrogens (tertiary/aromatic N) is 1. The normalized spacial score (nSPS) is 14.0. The molecule has 0 radical (unpaired) electrons. The topological polar surface area (TPSA) is 78.9 Å². The monoisotopic (exact) mass is 444 g/mol. The molecule has 2 amide bonds. The van der Waals surface area contributed by atoms with Gasteiger partial charge >= 0.3 is 0 Å². The summed E-state index contributed by atoms with van der Waals surface area (Å²) in [5.74, 6) is 0.138. The van der Waals surface area contributed by atoms with Crippen LogP contribution in [0.25, 0.3) is 0 Å². The molecule has 0 saturated carbocycles. The maximum absolute atomic E-state index is 13.1. The molecule has 0 bridgehead atoms. The van der Waals surface area contributed by atoms with Crippen molar-refractivity contribution in [2.75, 3.05) is 25.5 Å². The van der Waals surface area contributed by atoms with E-state index >= 15 is 0 Å². The minimum atomic E-state index is -0.203. The average Bonchev–Trinajstić information content (AvgIpc) is 2.86. The summed E-state index contributed by atoms with van der Waals surface area (Å²) in [5, 5.41) is 13.3. The van der Waals surface area contributed by atoms with Crippen molar-refractivity contribution in [3.8, 4) is 11.5 Å². The van der Waals surface area contributed by atoms with Crippen LogP contribution in [0, 0.1) is 5.92 Å². The maximum Gasteiger partial charge on any atom is 0.257 e. The molecule has 4 rings (SSSR count). The number of phenols is 1. The molecule has 0 aliphatic carbocycles. The molecule has 1 fully saturated rings. The number of methoxy groups -OCH3 is 1. The van der Waals surface area contributed by atoms with Crippen LogP contribution in [0.3, 0.4) is 0 Å². The molecule has 0 atom stereocenters. The van der Waals surface area contributed by atoms with Crippen molar-refractivity contribution in [1.29, 1.82) is 0 Å². The van der Waals surface area contributed by atoms with Gasteiger partial charge in [-0.05, 0) is 54.7 Å². The number of ether oxygens (including phenoxy) is 1. The summed E-state index contributed by atoms with van der Waals surface area (Å²) in [6.07, 6.45) is 1.82. The van der Waals surface area contributed by atoms with Crippen LogP contribution in [0.1, 0.15) is 34.3 Å². The molecule has 170 valence electrons. The summed E-state index contributed by atoms with van der Waals surface area (Å²) in [6, 6.07) is 22.5. The summed E-state index contributed by atoms with van der Waals surface area (Å²) in [6.45, 7) is 0.927. The highest BCUT2D eigenvalue weighted by Crippen LogP contribution is 2.28. The van der Waals surface area contributed by atoms with Gasteiger partial charge in [0.15, 0.2) is 0 Å². The zero-order chi connectivity index (χ0) is 23.2. The van der Waals surface area contributed by atoms with E-state index in [1.54, 1.807) is 36.3 Å². The molecule has 1 aliphatic rings. The fourth-order valence-electron chi connectivity index (χ4n) is 4.19. The van der Waals surface area contributed by atoms with Crippen LogP contribution < -0.4 is 10.1 Å². The van der Waals surface area contributed by atoms with Gasteiger partial charge in [-0.25, -0.2) is 0 Å². The molecule has 33 heavy (non-hydrogen) atoms. The van der Waals surface area contributed by atoms with Gasteiger partial charge in [-0.2, -0.15) is 0 Å². The van der Waals surface area contributed by atoms with Crippen molar-refractivity contribution < 1.29 is 19.4 Å². The first kappa shape index (κ1) is 22.4. The van der Waals surface area contributed by atoms with Gasteiger partial charge in [0.05, 0.1) is 18.4 Å². The lowest BCUT2D eigenvalue weighted by atomic mass is 9.94. The van der Waals surface area contributed by atoms with E-state index in [9.17, 15) is 14.7 Å². The lowest BCUT2D eigenvalue weighted by Crippen LogP contribution is -2.41. The van der Waals surface area contributed by atoms with Crippen LogP contribution in [0.15, 0.2) is 72.8 Å². The van der Waals surface area contributed by atoms with Crippen LogP contribution in [-0.4, -0.2) is 42.0 Å². The first-order valence-electron chi connectivity index (χ1n) is 11.1. The SMILES string of the molecule is COc1ccccc1NC(=O)C1CCN(C(=O)c2cc(Cc3ccccc3)ccc2O)CC1. The molecule has 1 aliphatic heterocycles. The third-order valence-electron chi connectivity index (χ3n) is 6.06. The second-order valence-electron chi connectivity index (χ2n) is 8.27. The van der Waals surface area contributed by atoms with E-state index in [1.807, 2.05) is 48.5 Å². The number of hydrogen-bond donors (Lipinski definition) is 2. The number of para-hydroxylation sites is 2. The highest BCUT2D eigenvalue weighted by molar-refractivity contribution is 5.98. The standard InChI is InChI=1S/C27H28N2O4/c1-33-25-10-6-5-9-23(25)28-26(31)21-13-15-29(16-14-21)27(32)22-18-20(11-12-24(22)30)17-19-7-3-2-4-8-19/h2-12,18,21,30H,13-17H2,1H3,(H,28,31). The Bertz CT molecular complexity index is 1120. The number of nitrogens with one attached hydrogen (secondary N) is 1. The van der Waals surface area contributed by atoms with Crippen molar-refractivity contribution >= 4 is 17.5 Å². The van der Waals surface area contributed by atoms with Gasteiger partial charge in [0, 0.05) is 19.0 Å². The molecule has 6 heteroatoms. The van der Waals surface area contributed by atoms with Crippen LogP contribution in [0.2, 0.25) is 0 Å². The second-order valence-corrected chi connectivity index (χ2v) is 8.27. The summed E-state index contributed by atoms with van der Waals surface area (Å²) >= 11 is 0. The molecule has 3 aromatic rings. The molecule has 1 saturated heterocycles. The first-order chi connectivity index (χ1) is 16.0. The lowest BCUT2D eigenvalue weighted by Gasteiger charge is -2.31. The van der Waals surface area contributed by atoms with Crippen LogP contribution >= 0.6 is 0 Å². The van der Waals surface area contributed by atoms with E-state index in [0.29, 0.717) is 49.4 Å². The van der Waals surface area contributed by atoms with E-state index in [2.05, 4.69) is 5.32 Å². The molecular weight excluding hydrogens is 416 g/mol. The Kier molecular flexibility index (Phi) is 6.93. The molecule has 6 nitrogen and oxygen atoms in total. The van der Waals surface area contributed by atoms with Gasteiger partial charge < -0.3 is 20.1 Å². The Labute approximate surface area is 193 Å². The van der Waals surface area contributed by atoms with Crippen molar-refractivity contribution in [3.05, 3.63) is 89.5 Å². The van der Waals surface area contributed by atoms with Gasteiger partial charge in [0.25, 0.3) is 5.91 Å². The zero-order valence-electron chi connectivity index (χ0n) is 18.7. The van der Waals surface area contributed by atoms with E-state index < -0.39 is 0 Å². The Morgan fingerprint density at radius 3 is 2.39 bits per heavy atom. The molecule has 1 heterocycles. The van der Waals surface area contributed by atoms with Gasteiger partial charge in [-0.3, -0.25) is 9.59 Å². The summed E-state index contributed by atoms with van der Waals surface area (Å²) in [5.41, 5.74) is 3.06. The fraction of sp³-hybridized carbons (Fsp3) is 0.259. The predicted molar refractivity (Wildman–Crippen MR) is 128 cm³/mol. The number of phenolic OH excluding ortho intramolecular Hbond substituents is 1. The number of rotatable bonds is 6. The van der Waals surface area contributed by atoms with Gasteiger partial charge in [-0.15, -0.1) is 0 Å². The van der Waals surface area contributed by atoms with E-state index in [-0.39, 0.29) is 23.5 Å². The number of piperidine rings is 1. The van der Waals surface area contributed by atoms with E-state index in [4.69, 9.17) is 4.74 Å². The summed E-state index contributed by atoms with van der Waals surface area (Å²) in [7, 11) is 1.57. The molecule has 2 N–H and O–H groups in total. The lowest BCUT2D eigenvalue weighted by molar-refractivity contribution is -0.121. The van der Waals surface area contributed by atoms with E-state index in [0.717, 1.165) is 11.1 Å². The molecule has 0 unspecified atom stereocenters. The van der Waals surface area contributed by atoms with Crippen molar-refractivity contribution in [1.82, 2.24) is 4.90 Å². The van der Waals surface area contributed by atoms with Crippen LogP contribution in [-0.2, 0) is 11.2 Å². The number of hydrogen-bond acceptors (Lipinski definition) is 4. The Balaban J connectivity index is 1.38. The minimum Gasteiger partial charge on any atom is -0.507 e. The third-order valence-corrected chi connectivity index (χ3v) is 6.06. The number of carbonyl (C=O) groups excluding carboxylic acids is 2. The quantitative estimate of drug-likeness (QED) is 0.588. The Morgan fingerprint density at radius 1 is 0.970 bits per heavy atom.